The molecule has 0 unspecified atom stereocenters. The molecule has 0 aromatic heterocycles. The second-order valence-electron chi connectivity index (χ2n) is 1.01. The monoisotopic (exact) mass is 207 g/mol. The normalized spacial score (nSPS) is 8.18. The van der Waals surface area contributed by atoms with Crippen LogP contribution in [-0.4, -0.2) is 61.2 Å². The van der Waals surface area contributed by atoms with Crippen molar-refractivity contribution >= 4 is 54.0 Å². The molecule has 6 nitrogen and oxygen atoms in total. The van der Waals surface area contributed by atoms with Gasteiger partial charge in [-0.2, -0.15) is 0 Å². The molecule has 0 aromatic carbocycles. The number of carbonyl (C=O) groups is 1. The van der Waals surface area contributed by atoms with Crippen molar-refractivity contribution in [1.29, 1.82) is 0 Å². The number of hydrogen-bond donors (Lipinski definition) is 1. The first-order valence-corrected chi connectivity index (χ1v) is 3.19. The molecular formula is C3H5CaNO5S. The Morgan fingerprint density at radius 1 is 1.45 bits per heavy atom. The van der Waals surface area contributed by atoms with Crippen LogP contribution in [0.2, 0.25) is 0 Å². The number of nitrogens with two attached hydrogens (primary N) is 1. The summed E-state index contributed by atoms with van der Waals surface area (Å²) in [5.41, 5.74) is 4.53. The van der Waals surface area contributed by atoms with Gasteiger partial charge in [-0.05, 0) is 6.08 Å². The van der Waals surface area contributed by atoms with Crippen LogP contribution in [0.4, 0.5) is 0 Å². The van der Waals surface area contributed by atoms with E-state index >= 15 is 0 Å². The number of hydrogen-bond acceptors (Lipinski definition) is 5. The fraction of sp³-hybridized carbons (Fsp3) is 0. The van der Waals surface area contributed by atoms with Gasteiger partial charge < -0.3 is 14.8 Å². The molecule has 1 amide bonds. The minimum absolute atomic E-state index is 0. The van der Waals surface area contributed by atoms with E-state index in [1.165, 1.54) is 0 Å². The van der Waals surface area contributed by atoms with Crippen molar-refractivity contribution in [3.8, 4) is 0 Å². The maximum atomic E-state index is 9.47. The minimum atomic E-state index is -5.17. The summed E-state index contributed by atoms with van der Waals surface area (Å²) < 4.78 is 34.1. The van der Waals surface area contributed by atoms with Gasteiger partial charge in [-0.1, -0.05) is 6.58 Å². The van der Waals surface area contributed by atoms with Crippen LogP contribution < -0.4 is 5.73 Å². The Morgan fingerprint density at radius 3 is 1.55 bits per heavy atom. The third kappa shape index (κ3) is 131. The van der Waals surface area contributed by atoms with E-state index < -0.39 is 16.3 Å². The summed E-state index contributed by atoms with van der Waals surface area (Å²) >= 11 is 0. The topological polar surface area (TPSA) is 123 Å². The average molecular weight is 207 g/mol. The molecule has 8 heteroatoms. The zero-order valence-electron chi connectivity index (χ0n) is 5.52. The summed E-state index contributed by atoms with van der Waals surface area (Å²) in [5, 5.41) is 0. The Morgan fingerprint density at radius 2 is 1.55 bits per heavy atom. The van der Waals surface area contributed by atoms with Gasteiger partial charge in [0.25, 0.3) is 0 Å². The van der Waals surface area contributed by atoms with Crippen LogP contribution in [0.25, 0.3) is 0 Å². The summed E-state index contributed by atoms with van der Waals surface area (Å²) in [6, 6.07) is 0. The van der Waals surface area contributed by atoms with Crippen molar-refractivity contribution in [3.05, 3.63) is 12.7 Å². The minimum Gasteiger partial charge on any atom is -0.759 e. The van der Waals surface area contributed by atoms with Gasteiger partial charge in [-0.25, -0.2) is 0 Å². The van der Waals surface area contributed by atoms with Gasteiger partial charge in [0.05, 0.1) is 0 Å². The van der Waals surface area contributed by atoms with E-state index in [4.69, 9.17) is 17.5 Å². The van der Waals surface area contributed by atoms with Gasteiger partial charge >= 0.3 is 37.7 Å². The molecule has 0 radical (unpaired) electrons. The van der Waals surface area contributed by atoms with Crippen molar-refractivity contribution in [3.63, 3.8) is 0 Å². The van der Waals surface area contributed by atoms with Gasteiger partial charge in [0.15, 0.2) is 0 Å². The van der Waals surface area contributed by atoms with Crippen LogP contribution in [0.3, 0.4) is 0 Å². The molecule has 0 aromatic rings. The molecule has 0 aliphatic heterocycles. The quantitative estimate of drug-likeness (QED) is 0.229. The molecule has 11 heavy (non-hydrogen) atoms. The number of rotatable bonds is 1. The summed E-state index contributed by atoms with van der Waals surface area (Å²) in [7, 11) is -5.17. The molecule has 0 saturated carbocycles. The first kappa shape index (κ1) is 17.4. The zero-order chi connectivity index (χ0) is 8.78. The molecule has 0 heterocycles. The number of amides is 1. The van der Waals surface area contributed by atoms with Crippen molar-refractivity contribution in [2.75, 3.05) is 0 Å². The molecule has 0 rings (SSSR count). The van der Waals surface area contributed by atoms with Gasteiger partial charge in [0.2, 0.25) is 5.91 Å². The number of carbonyl (C=O) groups excluding carboxylic acids is 1. The summed E-state index contributed by atoms with van der Waals surface area (Å²) in [4.78, 5) is 9.47. The van der Waals surface area contributed by atoms with Crippen LogP contribution in [0, 0.1) is 0 Å². The van der Waals surface area contributed by atoms with Crippen molar-refractivity contribution in [1.82, 2.24) is 0 Å². The fourth-order valence-corrected chi connectivity index (χ4v) is 0. The molecule has 0 aliphatic rings. The second kappa shape index (κ2) is 8.44. The van der Waals surface area contributed by atoms with E-state index in [1.54, 1.807) is 0 Å². The predicted molar refractivity (Wildman–Crippen MR) is 35.6 cm³/mol. The van der Waals surface area contributed by atoms with Crippen LogP contribution in [0.1, 0.15) is 0 Å². The fourth-order valence-electron chi connectivity index (χ4n) is 0. The maximum Gasteiger partial charge on any atom is 2.00 e. The third-order valence-electron chi connectivity index (χ3n) is 0.201. The molecule has 0 fully saturated rings. The first-order chi connectivity index (χ1) is 4.27. The van der Waals surface area contributed by atoms with E-state index in [9.17, 15) is 4.79 Å². The van der Waals surface area contributed by atoms with Gasteiger partial charge in [-0.15, -0.1) is 0 Å². The summed E-state index contributed by atoms with van der Waals surface area (Å²) in [6.45, 7) is 3.09. The Labute approximate surface area is 94.0 Å². The summed E-state index contributed by atoms with van der Waals surface area (Å²) in [5.74, 6) is -0.481. The molecule has 0 spiro atoms. The van der Waals surface area contributed by atoms with E-state index in [-0.39, 0.29) is 37.7 Å². The molecule has 0 atom stereocenters. The zero-order valence-corrected chi connectivity index (χ0v) is 8.54. The molecule has 2 N–H and O–H groups in total. The Bertz CT molecular complexity index is 202. The maximum absolute atomic E-state index is 9.47. The first-order valence-electron chi connectivity index (χ1n) is 1.86. The second-order valence-corrected chi connectivity index (χ2v) is 1.83. The van der Waals surface area contributed by atoms with Crippen LogP contribution in [0.5, 0.6) is 0 Å². The smallest absolute Gasteiger partial charge is 0.759 e. The van der Waals surface area contributed by atoms with E-state index in [1.807, 2.05) is 0 Å². The Balaban J connectivity index is -0.000000107. The van der Waals surface area contributed by atoms with E-state index in [0.29, 0.717) is 0 Å². The summed E-state index contributed by atoms with van der Waals surface area (Å²) in [6.07, 6.45) is 1.06. The SMILES string of the molecule is C=CC(N)=O.O=S(=O)([O-])[O-].[Ca+2]. The predicted octanol–water partition coefficient (Wildman–Crippen LogP) is -2.06. The average Bonchev–Trinajstić information content (AvgIpc) is 1.61. The van der Waals surface area contributed by atoms with Crippen LogP contribution >= 0.6 is 0 Å². The largest absolute Gasteiger partial charge is 2.00 e. The third-order valence-corrected chi connectivity index (χ3v) is 0.201. The van der Waals surface area contributed by atoms with Crippen molar-refractivity contribution in [2.45, 2.75) is 0 Å². The van der Waals surface area contributed by atoms with Gasteiger partial charge in [0, 0.05) is 10.4 Å². The molecule has 0 saturated heterocycles. The molecule has 0 bridgehead atoms. The Hall–Kier alpha value is 0.340. The number of primary amides is 1. The van der Waals surface area contributed by atoms with E-state index in [2.05, 4.69) is 12.3 Å². The standard InChI is InChI=1S/C3H5NO.Ca.H2O4S/c1-2-3(4)5;;1-5(2,3)4/h2H,1H2,(H2,4,5);;(H2,1,2,3,4)/q;+2;/p-2. The van der Waals surface area contributed by atoms with Crippen LogP contribution in [-0.2, 0) is 15.2 Å². The van der Waals surface area contributed by atoms with E-state index in [0.717, 1.165) is 6.08 Å². The molecule has 0 aliphatic carbocycles. The molecular weight excluding hydrogens is 202 g/mol. The van der Waals surface area contributed by atoms with Crippen molar-refractivity contribution in [2.24, 2.45) is 5.73 Å². The van der Waals surface area contributed by atoms with Crippen LogP contribution in [0.15, 0.2) is 12.7 Å². The molecule has 60 valence electrons. The van der Waals surface area contributed by atoms with Gasteiger partial charge in [-0.3, -0.25) is 13.2 Å². The van der Waals surface area contributed by atoms with Gasteiger partial charge in [0.1, 0.15) is 0 Å². The van der Waals surface area contributed by atoms with Crippen molar-refractivity contribution < 1.29 is 22.3 Å². The Kier molecular flexibility index (Phi) is 13.4.